The third-order valence-electron chi connectivity index (χ3n) is 16.1. The Morgan fingerprint density at radius 2 is 1.65 bits per heavy atom. The number of hydrogen-bond acceptors (Lipinski definition) is 15. The van der Waals surface area contributed by atoms with Crippen LogP contribution >= 0.6 is 22.7 Å². The SMILES string of the molecule is Cc1ncsc1-c1ccc([C@H](C)NC(=O)[C@@H]2C[C@@H](O)CN2C(=O)[C@@H](NC(=O)CCCS(=O)(=O)NC(=O)c2nc(N3CCc4cccc(C(=O)Nc5nc6ccccc6s5)c4C3)ccc2-c2cnn(CC3CCCCC3)c2C)C(C)(C)C)cc1. The molecule has 1 saturated heterocycles. The molecule has 0 radical (unpaired) electrons. The summed E-state index contributed by atoms with van der Waals surface area (Å²) in [7, 11) is -4.38. The van der Waals surface area contributed by atoms with Gasteiger partial charge in [0.1, 0.15) is 23.6 Å². The summed E-state index contributed by atoms with van der Waals surface area (Å²) >= 11 is 2.94. The summed E-state index contributed by atoms with van der Waals surface area (Å²) in [6.45, 7) is 12.4. The number of aromatic nitrogens is 5. The molecule has 3 aliphatic rings. The average Bonchev–Trinajstić information content (AvgIpc) is 4.47. The van der Waals surface area contributed by atoms with Crippen molar-refractivity contribution >= 4 is 83.4 Å². The van der Waals surface area contributed by atoms with E-state index in [2.05, 4.69) is 30.6 Å². The minimum absolute atomic E-state index is 0.00795. The van der Waals surface area contributed by atoms with Crippen molar-refractivity contribution in [1.29, 1.82) is 0 Å². The molecule has 1 saturated carbocycles. The number of aliphatic hydroxyl groups excluding tert-OH is 1. The smallest absolute Gasteiger partial charge is 0.284 e. The Morgan fingerprint density at radius 1 is 0.880 bits per heavy atom. The molecule has 2 fully saturated rings. The highest BCUT2D eigenvalue weighted by atomic mass is 32.2. The predicted octanol–water partition coefficient (Wildman–Crippen LogP) is 8.90. The van der Waals surface area contributed by atoms with Crippen LogP contribution in [0, 0.1) is 25.2 Å². The van der Waals surface area contributed by atoms with E-state index in [-0.39, 0.29) is 44.0 Å². The van der Waals surface area contributed by atoms with Gasteiger partial charge in [-0.1, -0.05) is 99.9 Å². The van der Waals surface area contributed by atoms with Crippen LogP contribution in [0.4, 0.5) is 10.9 Å². The topological polar surface area (TPSA) is 251 Å². The second-order valence-corrected chi connectivity index (χ2v) is 26.9. The van der Waals surface area contributed by atoms with E-state index in [1.165, 1.54) is 35.5 Å². The van der Waals surface area contributed by atoms with Gasteiger partial charge in [-0.05, 0) is 110 Å². The van der Waals surface area contributed by atoms with Crippen molar-refractivity contribution in [3.05, 3.63) is 130 Å². The number of likely N-dealkylation sites (tertiary alicyclic amines) is 1. The fourth-order valence-electron chi connectivity index (χ4n) is 11.5. The minimum Gasteiger partial charge on any atom is -0.391 e. The Morgan fingerprint density at radius 3 is 2.39 bits per heavy atom. The molecule has 0 unspecified atom stereocenters. The molecule has 10 rings (SSSR count). The number of benzene rings is 3. The van der Waals surface area contributed by atoms with Gasteiger partial charge < -0.3 is 25.5 Å². The number of para-hydroxylation sites is 1. The van der Waals surface area contributed by atoms with Gasteiger partial charge >= 0.3 is 0 Å². The number of sulfonamides is 1. The van der Waals surface area contributed by atoms with E-state index in [9.17, 15) is 37.5 Å². The average molecular weight is 1180 g/mol. The van der Waals surface area contributed by atoms with Crippen LogP contribution in [-0.2, 0) is 43.9 Å². The summed E-state index contributed by atoms with van der Waals surface area (Å²) in [6, 6.07) is 22.1. The molecule has 5 N–H and O–H groups in total. The molecule has 83 heavy (non-hydrogen) atoms. The Hall–Kier alpha value is -7.40. The standard InChI is InChI=1S/C61H71N11O8S3/c1-36(40-21-23-42(24-22-40)54-37(2)62-35-81-54)64-57(76)49-30-43(73)33-71(49)59(78)55(61(4,5)6)67-52(74)20-13-29-83(79,80)69-58(77)53-44(46-31-63-72(38(46)3)32-39-14-8-7-9-15-39)25-26-51(66-53)70-28-27-41-16-12-17-45(47(41)34-70)56(75)68-60-65-48-18-10-11-19-50(48)82-60/h10-12,16-19,21-26,31,35-36,39,43,49,55,73H,7-9,13-15,20,27-30,32-34H2,1-6H3,(H,64,76)(H,67,74)(H,69,77)(H,65,68,75)/t36-,43+,49-,55+/m0/s1. The Kier molecular flexibility index (Phi) is 17.6. The van der Waals surface area contributed by atoms with Crippen molar-refractivity contribution in [2.45, 2.75) is 137 Å². The molecule has 3 aromatic carbocycles. The summed E-state index contributed by atoms with van der Waals surface area (Å²) in [5.41, 5.74) is 8.51. The van der Waals surface area contributed by atoms with Crippen molar-refractivity contribution in [3.63, 3.8) is 0 Å². The zero-order valence-corrected chi connectivity index (χ0v) is 50.1. The normalized spacial score (nSPS) is 17.4. The van der Waals surface area contributed by atoms with Gasteiger partial charge in [-0.25, -0.2) is 28.1 Å². The first-order valence-corrected chi connectivity index (χ1v) is 31.7. The number of β-amino-alcohol motifs (C(OH)–C–C–N with tert-alkyl or cyclic N) is 1. The van der Waals surface area contributed by atoms with Crippen LogP contribution in [0.2, 0.25) is 0 Å². The van der Waals surface area contributed by atoms with E-state index in [0.717, 1.165) is 68.1 Å². The largest absolute Gasteiger partial charge is 0.391 e. The highest BCUT2D eigenvalue weighted by Crippen LogP contribution is 2.35. The van der Waals surface area contributed by atoms with E-state index < -0.39 is 69.0 Å². The van der Waals surface area contributed by atoms with Crippen molar-refractivity contribution in [1.82, 2.24) is 45.0 Å². The lowest BCUT2D eigenvalue weighted by molar-refractivity contribution is -0.144. The number of anilines is 2. The first-order valence-electron chi connectivity index (χ1n) is 28.4. The van der Waals surface area contributed by atoms with Gasteiger partial charge in [0.15, 0.2) is 5.13 Å². The van der Waals surface area contributed by atoms with E-state index in [1.807, 2.05) is 91.0 Å². The number of hydrogen-bond donors (Lipinski definition) is 5. The van der Waals surface area contributed by atoms with Crippen LogP contribution in [-0.4, -0.2) is 110 Å². The number of fused-ring (bicyclic) bond motifs is 2. The number of nitrogens with one attached hydrogen (secondary N) is 4. The summed E-state index contributed by atoms with van der Waals surface area (Å²) in [4.78, 5) is 88.6. The van der Waals surface area contributed by atoms with Gasteiger partial charge in [0.25, 0.3) is 11.8 Å². The molecular formula is C61H71N11O8S3. The molecule has 2 aliphatic heterocycles. The fraction of sp³-hybridized carbons (Fsp3) is 0.426. The van der Waals surface area contributed by atoms with Gasteiger partial charge in [0.2, 0.25) is 27.7 Å². The number of thiazole rings is 2. The molecule has 5 amide bonds. The summed E-state index contributed by atoms with van der Waals surface area (Å²) < 4.78 is 32.9. The minimum atomic E-state index is -4.38. The molecule has 0 spiro atoms. The predicted molar refractivity (Wildman–Crippen MR) is 322 cm³/mol. The Labute approximate surface area is 491 Å². The highest BCUT2D eigenvalue weighted by Gasteiger charge is 2.45. The first kappa shape index (κ1) is 58.8. The lowest BCUT2D eigenvalue weighted by atomic mass is 9.85. The Balaban J connectivity index is 0.811. The molecule has 19 nitrogen and oxygen atoms in total. The van der Waals surface area contributed by atoms with Crippen molar-refractivity contribution in [2.24, 2.45) is 11.3 Å². The molecule has 22 heteroatoms. The number of carbonyl (C=O) groups excluding carboxylic acids is 5. The molecule has 7 aromatic rings. The monoisotopic (exact) mass is 1180 g/mol. The van der Waals surface area contributed by atoms with Gasteiger partial charge in [-0.3, -0.25) is 34.0 Å². The lowest BCUT2D eigenvalue weighted by Gasteiger charge is -2.35. The number of aliphatic hydroxyl groups is 1. The number of nitrogens with zero attached hydrogens (tertiary/aromatic N) is 7. The maximum absolute atomic E-state index is 14.5. The Bertz CT molecular complexity index is 3640. The van der Waals surface area contributed by atoms with Crippen molar-refractivity contribution in [2.75, 3.05) is 29.1 Å². The van der Waals surface area contributed by atoms with E-state index in [1.54, 1.807) is 62.0 Å². The number of carbonyl (C=O) groups is 5. The fourth-order valence-corrected chi connectivity index (χ4v) is 14.2. The number of amides is 5. The van der Waals surface area contributed by atoms with Crippen LogP contribution in [0.5, 0.6) is 0 Å². The van der Waals surface area contributed by atoms with Gasteiger partial charge in [-0.15, -0.1) is 11.3 Å². The second-order valence-electron chi connectivity index (χ2n) is 23.2. The maximum atomic E-state index is 14.5. The third kappa shape index (κ3) is 13.5. The van der Waals surface area contributed by atoms with Crippen LogP contribution < -0.4 is 25.6 Å². The van der Waals surface area contributed by atoms with Crippen molar-refractivity contribution in [3.8, 4) is 21.6 Å². The van der Waals surface area contributed by atoms with Crippen LogP contribution in [0.1, 0.15) is 134 Å². The van der Waals surface area contributed by atoms with Crippen molar-refractivity contribution < 1.29 is 37.5 Å². The highest BCUT2D eigenvalue weighted by molar-refractivity contribution is 7.90. The van der Waals surface area contributed by atoms with Crippen LogP contribution in [0.25, 0.3) is 31.8 Å². The summed E-state index contributed by atoms with van der Waals surface area (Å²) in [5.74, 6) is -2.60. The zero-order valence-electron chi connectivity index (χ0n) is 47.6. The lowest BCUT2D eigenvalue weighted by Crippen LogP contribution is -2.57. The number of pyridine rings is 1. The molecule has 4 atom stereocenters. The maximum Gasteiger partial charge on any atom is 0.284 e. The summed E-state index contributed by atoms with van der Waals surface area (Å²) in [5, 5.41) is 24.8. The van der Waals surface area contributed by atoms with Crippen LogP contribution in [0.3, 0.4) is 0 Å². The quantitative estimate of drug-likeness (QED) is 0.0539. The third-order valence-corrected chi connectivity index (χ3v) is 19.4. The molecule has 1 aliphatic carbocycles. The molecule has 436 valence electrons. The number of aryl methyl sites for hydroxylation is 1. The molecular weight excluding hydrogens is 1110 g/mol. The van der Waals surface area contributed by atoms with E-state index in [0.29, 0.717) is 46.5 Å². The number of rotatable bonds is 18. The molecule has 6 heterocycles. The van der Waals surface area contributed by atoms with E-state index >= 15 is 0 Å². The summed E-state index contributed by atoms with van der Waals surface area (Å²) in [6.07, 6.45) is 6.54. The van der Waals surface area contributed by atoms with Gasteiger partial charge in [-0.2, -0.15) is 5.10 Å². The van der Waals surface area contributed by atoms with Gasteiger partial charge in [0.05, 0.1) is 50.4 Å². The first-order chi connectivity index (χ1) is 39.7. The molecule has 0 bridgehead atoms. The van der Waals surface area contributed by atoms with Crippen LogP contribution in [0.15, 0.2) is 90.6 Å². The molecule has 4 aromatic heterocycles. The van der Waals surface area contributed by atoms with Gasteiger partial charge in [0, 0.05) is 61.4 Å². The second kappa shape index (κ2) is 24.8. The van der Waals surface area contributed by atoms with E-state index in [4.69, 9.17) is 10.1 Å². The zero-order chi connectivity index (χ0) is 58.7.